The number of thiophene rings is 1. The van der Waals surface area contributed by atoms with Gasteiger partial charge in [0.2, 0.25) is 5.91 Å². The number of carbonyl (C=O) groups is 3. The largest absolute Gasteiger partial charge is 0.493 e. The number of nitrogens with zero attached hydrogens (tertiary/aromatic N) is 2. The van der Waals surface area contributed by atoms with Gasteiger partial charge in [0.05, 0.1) is 31.4 Å². The van der Waals surface area contributed by atoms with E-state index in [0.29, 0.717) is 35.6 Å². The van der Waals surface area contributed by atoms with Crippen molar-refractivity contribution in [2.45, 2.75) is 18.9 Å². The SMILES string of the molecule is COc1cc2c(cc1OC)C(c1cccs1)N(C(=O)CCN1C(=O)c3ccccc3C1=O)CC2. The van der Waals surface area contributed by atoms with Gasteiger partial charge in [-0.2, -0.15) is 0 Å². The summed E-state index contributed by atoms with van der Waals surface area (Å²) < 4.78 is 11.0. The van der Waals surface area contributed by atoms with Crippen molar-refractivity contribution in [3.8, 4) is 11.5 Å². The van der Waals surface area contributed by atoms with Gasteiger partial charge in [0, 0.05) is 24.4 Å². The highest BCUT2D eigenvalue weighted by molar-refractivity contribution is 7.10. The first-order chi connectivity index (χ1) is 16.5. The smallest absolute Gasteiger partial charge is 0.261 e. The number of benzene rings is 2. The molecule has 2 aliphatic rings. The third-order valence-electron chi connectivity index (χ3n) is 6.43. The predicted molar refractivity (Wildman–Crippen MR) is 128 cm³/mol. The molecule has 3 aromatic rings. The summed E-state index contributed by atoms with van der Waals surface area (Å²) in [6, 6.07) is 14.4. The van der Waals surface area contributed by atoms with E-state index < -0.39 is 0 Å². The molecule has 0 radical (unpaired) electrons. The molecular weight excluding hydrogens is 452 g/mol. The Morgan fingerprint density at radius 2 is 1.68 bits per heavy atom. The van der Waals surface area contributed by atoms with Crippen molar-refractivity contribution in [3.63, 3.8) is 0 Å². The lowest BCUT2D eigenvalue weighted by Crippen LogP contribution is -2.42. The minimum atomic E-state index is -0.343. The number of methoxy groups -OCH3 is 2. The number of hydrogen-bond donors (Lipinski definition) is 0. The van der Waals surface area contributed by atoms with E-state index >= 15 is 0 Å². The fourth-order valence-electron chi connectivity index (χ4n) is 4.76. The summed E-state index contributed by atoms with van der Waals surface area (Å²) in [7, 11) is 3.21. The van der Waals surface area contributed by atoms with Crippen LogP contribution < -0.4 is 9.47 Å². The van der Waals surface area contributed by atoms with E-state index in [4.69, 9.17) is 9.47 Å². The molecule has 2 aliphatic heterocycles. The van der Waals surface area contributed by atoms with E-state index in [9.17, 15) is 14.4 Å². The lowest BCUT2D eigenvalue weighted by molar-refractivity contribution is -0.133. The number of imide groups is 1. The van der Waals surface area contributed by atoms with Crippen molar-refractivity contribution >= 4 is 29.1 Å². The van der Waals surface area contributed by atoms with Gasteiger partial charge in [0.25, 0.3) is 11.8 Å². The highest BCUT2D eigenvalue weighted by Gasteiger charge is 2.37. The van der Waals surface area contributed by atoms with Crippen molar-refractivity contribution in [1.29, 1.82) is 0 Å². The maximum atomic E-state index is 13.5. The third-order valence-corrected chi connectivity index (χ3v) is 7.36. The monoisotopic (exact) mass is 476 g/mol. The van der Waals surface area contributed by atoms with E-state index in [1.165, 1.54) is 4.90 Å². The Morgan fingerprint density at radius 3 is 2.29 bits per heavy atom. The number of rotatable bonds is 6. The third kappa shape index (κ3) is 3.64. The van der Waals surface area contributed by atoms with Gasteiger partial charge in [-0.15, -0.1) is 11.3 Å². The fraction of sp³-hybridized carbons (Fsp3) is 0.269. The van der Waals surface area contributed by atoms with Gasteiger partial charge < -0.3 is 14.4 Å². The van der Waals surface area contributed by atoms with Crippen molar-refractivity contribution in [2.24, 2.45) is 0 Å². The molecule has 2 aromatic carbocycles. The van der Waals surface area contributed by atoms with Crippen molar-refractivity contribution in [1.82, 2.24) is 9.80 Å². The van der Waals surface area contributed by atoms with Gasteiger partial charge in [0.15, 0.2) is 11.5 Å². The highest BCUT2D eigenvalue weighted by atomic mass is 32.1. The van der Waals surface area contributed by atoms with E-state index in [1.807, 2.05) is 34.5 Å². The molecule has 34 heavy (non-hydrogen) atoms. The minimum Gasteiger partial charge on any atom is -0.493 e. The van der Waals surface area contributed by atoms with Gasteiger partial charge in [0.1, 0.15) is 0 Å². The molecule has 0 aliphatic carbocycles. The molecule has 1 atom stereocenters. The predicted octanol–water partition coefficient (Wildman–Crippen LogP) is 3.93. The van der Waals surface area contributed by atoms with Crippen LogP contribution in [0.5, 0.6) is 11.5 Å². The number of fused-ring (bicyclic) bond motifs is 2. The van der Waals surface area contributed by atoms with Crippen LogP contribution in [0.25, 0.3) is 0 Å². The maximum absolute atomic E-state index is 13.5. The van der Waals surface area contributed by atoms with Crippen molar-refractivity contribution in [3.05, 3.63) is 81.0 Å². The molecular formula is C26H24N2O5S. The lowest BCUT2D eigenvalue weighted by Gasteiger charge is -2.37. The summed E-state index contributed by atoms with van der Waals surface area (Å²) in [5, 5.41) is 1.99. The second-order valence-corrected chi connectivity index (χ2v) is 9.20. The van der Waals surface area contributed by atoms with Gasteiger partial charge >= 0.3 is 0 Å². The molecule has 0 bridgehead atoms. The molecule has 3 amide bonds. The van der Waals surface area contributed by atoms with E-state index in [1.54, 1.807) is 49.8 Å². The summed E-state index contributed by atoms with van der Waals surface area (Å²) in [6.07, 6.45) is 0.742. The molecule has 8 heteroatoms. The van der Waals surface area contributed by atoms with E-state index in [-0.39, 0.29) is 36.7 Å². The Bertz CT molecular complexity index is 1240. The summed E-state index contributed by atoms with van der Waals surface area (Å²) in [6.45, 7) is 0.587. The van der Waals surface area contributed by atoms with Gasteiger partial charge in [-0.05, 0) is 53.3 Å². The highest BCUT2D eigenvalue weighted by Crippen LogP contribution is 2.42. The van der Waals surface area contributed by atoms with Crippen LogP contribution in [-0.4, -0.2) is 54.8 Å². The molecule has 174 valence electrons. The Morgan fingerprint density at radius 1 is 1.00 bits per heavy atom. The molecule has 0 saturated carbocycles. The minimum absolute atomic E-state index is 0.0532. The fourth-order valence-corrected chi connectivity index (χ4v) is 5.62. The Hall–Kier alpha value is -3.65. The first kappa shape index (κ1) is 22.2. The van der Waals surface area contributed by atoms with Crippen LogP contribution in [0, 0.1) is 0 Å². The molecule has 3 heterocycles. The Kier molecular flexibility index (Phi) is 5.83. The zero-order chi connectivity index (χ0) is 23.8. The Balaban J connectivity index is 1.41. The van der Waals surface area contributed by atoms with Crippen LogP contribution in [0.3, 0.4) is 0 Å². The summed E-state index contributed by atoms with van der Waals surface area (Å²) in [4.78, 5) is 42.9. The van der Waals surface area contributed by atoms with Gasteiger partial charge in [-0.25, -0.2) is 0 Å². The van der Waals surface area contributed by atoms with Crippen molar-refractivity contribution < 1.29 is 23.9 Å². The molecule has 0 saturated heterocycles. The topological polar surface area (TPSA) is 76.2 Å². The van der Waals surface area contributed by atoms with Crippen LogP contribution in [-0.2, 0) is 11.2 Å². The molecule has 5 rings (SSSR count). The van der Waals surface area contributed by atoms with Crippen LogP contribution in [0.1, 0.15) is 49.2 Å². The molecule has 0 spiro atoms. The maximum Gasteiger partial charge on any atom is 0.261 e. The zero-order valence-electron chi connectivity index (χ0n) is 18.9. The number of ether oxygens (including phenoxy) is 2. The standard InChI is InChI=1S/C26H24N2O5S/c1-32-20-14-16-9-11-27(24(22-8-5-13-34-22)19(16)15-21(20)33-2)23(29)10-12-28-25(30)17-6-3-4-7-18(17)26(28)31/h3-8,13-15,24H,9-12H2,1-2H3. The normalized spacial score (nSPS) is 16.9. The second-order valence-electron chi connectivity index (χ2n) is 8.22. The number of hydrogen-bond acceptors (Lipinski definition) is 6. The number of carbonyl (C=O) groups excluding carboxylic acids is 3. The summed E-state index contributed by atoms with van der Waals surface area (Å²) >= 11 is 1.59. The molecule has 1 unspecified atom stereocenters. The van der Waals surface area contributed by atoms with Crippen LogP contribution in [0.2, 0.25) is 0 Å². The second kappa shape index (κ2) is 8.95. The lowest BCUT2D eigenvalue weighted by atomic mass is 9.90. The average Bonchev–Trinajstić information content (AvgIpc) is 3.48. The quantitative estimate of drug-likeness (QED) is 0.504. The molecule has 0 N–H and O–H groups in total. The summed E-state index contributed by atoms with van der Waals surface area (Å²) in [5.74, 6) is 0.489. The Labute approximate surface area is 201 Å². The van der Waals surface area contributed by atoms with Crippen molar-refractivity contribution in [2.75, 3.05) is 27.3 Å². The van der Waals surface area contributed by atoms with E-state index in [2.05, 4.69) is 0 Å². The zero-order valence-corrected chi connectivity index (χ0v) is 19.8. The first-order valence-corrected chi connectivity index (χ1v) is 11.9. The van der Waals surface area contributed by atoms with Crippen LogP contribution >= 0.6 is 11.3 Å². The molecule has 7 nitrogen and oxygen atoms in total. The molecule has 1 aromatic heterocycles. The molecule has 0 fully saturated rings. The van der Waals surface area contributed by atoms with Crippen LogP contribution in [0.15, 0.2) is 53.9 Å². The van der Waals surface area contributed by atoms with E-state index in [0.717, 1.165) is 16.0 Å². The van der Waals surface area contributed by atoms with Gasteiger partial charge in [-0.3, -0.25) is 19.3 Å². The van der Waals surface area contributed by atoms with Gasteiger partial charge in [-0.1, -0.05) is 18.2 Å². The van der Waals surface area contributed by atoms with Crippen LogP contribution in [0.4, 0.5) is 0 Å². The average molecular weight is 477 g/mol. The first-order valence-electron chi connectivity index (χ1n) is 11.1. The number of amides is 3. The summed E-state index contributed by atoms with van der Waals surface area (Å²) in [5.41, 5.74) is 2.90.